The molecule has 1 fully saturated rings. The quantitative estimate of drug-likeness (QED) is 0.450. The Morgan fingerprint density at radius 1 is 1.37 bits per heavy atom. The third kappa shape index (κ3) is 2.89. The van der Waals surface area contributed by atoms with E-state index in [-0.39, 0.29) is 12.1 Å². The number of carbonyl (C=O) groups excluding carboxylic acids is 1. The highest BCUT2D eigenvalue weighted by Crippen LogP contribution is 2.50. The fourth-order valence-electron chi connectivity index (χ4n) is 1.98. The van der Waals surface area contributed by atoms with Gasteiger partial charge in [-0.25, -0.2) is 4.79 Å². The van der Waals surface area contributed by atoms with Crippen LogP contribution in [0.1, 0.15) is 38.4 Å². The number of unbranched alkanes of at least 4 members (excludes halogenated alkanes) is 1. The van der Waals surface area contributed by atoms with E-state index in [4.69, 9.17) is 14.2 Å². The standard InChI is InChI=1S/C15H20O4/c1-4-5-10-18-14(16)15(2)13(19-15)11-6-8-12(17-3)9-7-11/h6-9,13H,4-5,10H2,1-3H3. The zero-order chi connectivity index (χ0) is 13.9. The van der Waals surface area contributed by atoms with E-state index >= 15 is 0 Å². The predicted molar refractivity (Wildman–Crippen MR) is 71.1 cm³/mol. The lowest BCUT2D eigenvalue weighted by molar-refractivity contribution is -0.149. The number of esters is 1. The first-order valence-electron chi connectivity index (χ1n) is 6.60. The number of methoxy groups -OCH3 is 1. The Balaban J connectivity index is 1.95. The average molecular weight is 264 g/mol. The molecule has 0 amide bonds. The normalized spacial score (nSPS) is 24.9. The molecule has 0 bridgehead atoms. The molecular weight excluding hydrogens is 244 g/mol. The molecule has 1 saturated heterocycles. The third-order valence-electron chi connectivity index (χ3n) is 3.36. The number of benzene rings is 1. The molecule has 0 spiro atoms. The van der Waals surface area contributed by atoms with Crippen molar-refractivity contribution in [3.63, 3.8) is 0 Å². The molecule has 2 atom stereocenters. The molecule has 1 aliphatic heterocycles. The minimum absolute atomic E-state index is 0.215. The Hall–Kier alpha value is -1.55. The molecule has 104 valence electrons. The van der Waals surface area contributed by atoms with Crippen molar-refractivity contribution in [2.45, 2.75) is 38.4 Å². The van der Waals surface area contributed by atoms with Gasteiger partial charge in [-0.2, -0.15) is 0 Å². The Morgan fingerprint density at radius 3 is 2.63 bits per heavy atom. The van der Waals surface area contributed by atoms with Crippen molar-refractivity contribution in [1.82, 2.24) is 0 Å². The van der Waals surface area contributed by atoms with Crippen molar-refractivity contribution in [1.29, 1.82) is 0 Å². The van der Waals surface area contributed by atoms with Crippen LogP contribution in [0, 0.1) is 0 Å². The van der Waals surface area contributed by atoms with Crippen LogP contribution in [0.25, 0.3) is 0 Å². The first kappa shape index (κ1) is 13.9. The second kappa shape index (κ2) is 5.61. The lowest BCUT2D eigenvalue weighted by atomic mass is 10.0. The van der Waals surface area contributed by atoms with Crippen LogP contribution in [-0.2, 0) is 14.3 Å². The van der Waals surface area contributed by atoms with Gasteiger partial charge in [-0.15, -0.1) is 0 Å². The van der Waals surface area contributed by atoms with Crippen LogP contribution >= 0.6 is 0 Å². The van der Waals surface area contributed by atoms with E-state index in [0.717, 1.165) is 24.2 Å². The number of epoxide rings is 1. The molecule has 0 aliphatic carbocycles. The van der Waals surface area contributed by atoms with Crippen LogP contribution in [0.3, 0.4) is 0 Å². The highest BCUT2D eigenvalue weighted by atomic mass is 16.7. The molecule has 2 unspecified atom stereocenters. The molecular formula is C15H20O4. The van der Waals surface area contributed by atoms with Gasteiger partial charge >= 0.3 is 5.97 Å². The van der Waals surface area contributed by atoms with Crippen molar-refractivity contribution < 1.29 is 19.0 Å². The fraction of sp³-hybridized carbons (Fsp3) is 0.533. The molecule has 19 heavy (non-hydrogen) atoms. The second-order valence-electron chi connectivity index (χ2n) is 4.87. The summed E-state index contributed by atoms with van der Waals surface area (Å²) in [5, 5.41) is 0. The largest absolute Gasteiger partial charge is 0.497 e. The molecule has 0 aromatic heterocycles. The Morgan fingerprint density at radius 2 is 2.05 bits per heavy atom. The molecule has 2 rings (SSSR count). The summed E-state index contributed by atoms with van der Waals surface area (Å²) in [7, 11) is 1.62. The summed E-state index contributed by atoms with van der Waals surface area (Å²) in [6.45, 7) is 4.29. The summed E-state index contributed by atoms with van der Waals surface area (Å²) >= 11 is 0. The van der Waals surface area contributed by atoms with E-state index in [2.05, 4.69) is 6.92 Å². The van der Waals surface area contributed by atoms with E-state index in [0.29, 0.717) is 6.61 Å². The number of hydrogen-bond donors (Lipinski definition) is 0. The maximum atomic E-state index is 11.9. The highest BCUT2D eigenvalue weighted by molar-refractivity contribution is 5.83. The number of carbonyl (C=O) groups is 1. The minimum Gasteiger partial charge on any atom is -0.497 e. The topological polar surface area (TPSA) is 48.1 Å². The minimum atomic E-state index is -0.831. The SMILES string of the molecule is CCCCOC(=O)C1(C)OC1c1ccc(OC)cc1. The molecule has 4 nitrogen and oxygen atoms in total. The van der Waals surface area contributed by atoms with Gasteiger partial charge < -0.3 is 14.2 Å². The van der Waals surface area contributed by atoms with Crippen molar-refractivity contribution in [2.24, 2.45) is 0 Å². The molecule has 1 heterocycles. The van der Waals surface area contributed by atoms with Gasteiger partial charge in [0.25, 0.3) is 0 Å². The summed E-state index contributed by atoms with van der Waals surface area (Å²) in [5.41, 5.74) is 0.137. The van der Waals surface area contributed by atoms with Crippen LogP contribution in [0.4, 0.5) is 0 Å². The fourth-order valence-corrected chi connectivity index (χ4v) is 1.98. The summed E-state index contributed by atoms with van der Waals surface area (Å²) in [6.07, 6.45) is 1.68. The van der Waals surface area contributed by atoms with Gasteiger partial charge in [-0.3, -0.25) is 0 Å². The first-order chi connectivity index (χ1) is 9.11. The van der Waals surface area contributed by atoms with Crippen LogP contribution in [0.5, 0.6) is 5.75 Å². The lowest BCUT2D eigenvalue weighted by Gasteiger charge is -2.07. The zero-order valence-electron chi connectivity index (χ0n) is 11.6. The van der Waals surface area contributed by atoms with Crippen LogP contribution < -0.4 is 4.74 Å². The number of hydrogen-bond acceptors (Lipinski definition) is 4. The van der Waals surface area contributed by atoms with Gasteiger partial charge in [0.1, 0.15) is 11.9 Å². The number of rotatable bonds is 6. The molecule has 0 radical (unpaired) electrons. The molecule has 1 aliphatic rings. The smallest absolute Gasteiger partial charge is 0.341 e. The van der Waals surface area contributed by atoms with Gasteiger partial charge in [0.2, 0.25) is 0 Å². The lowest BCUT2D eigenvalue weighted by Crippen LogP contribution is -2.24. The summed E-state index contributed by atoms with van der Waals surface area (Å²) < 4.78 is 15.9. The Labute approximate surface area is 113 Å². The van der Waals surface area contributed by atoms with Crippen molar-refractivity contribution >= 4 is 5.97 Å². The van der Waals surface area contributed by atoms with Crippen molar-refractivity contribution in [3.8, 4) is 5.75 Å². The van der Waals surface area contributed by atoms with E-state index in [9.17, 15) is 4.79 Å². The van der Waals surface area contributed by atoms with Crippen molar-refractivity contribution in [3.05, 3.63) is 29.8 Å². The maximum absolute atomic E-state index is 11.9. The highest BCUT2D eigenvalue weighted by Gasteiger charge is 2.60. The molecule has 0 N–H and O–H groups in total. The van der Waals surface area contributed by atoms with Crippen LogP contribution in [0.15, 0.2) is 24.3 Å². The van der Waals surface area contributed by atoms with E-state index in [1.54, 1.807) is 14.0 Å². The maximum Gasteiger partial charge on any atom is 0.341 e. The van der Waals surface area contributed by atoms with Crippen LogP contribution in [-0.4, -0.2) is 25.3 Å². The average Bonchev–Trinajstić information content (AvgIpc) is 3.13. The zero-order valence-corrected chi connectivity index (χ0v) is 11.6. The van der Waals surface area contributed by atoms with Gasteiger partial charge in [0.05, 0.1) is 13.7 Å². The predicted octanol–water partition coefficient (Wildman–Crippen LogP) is 2.87. The Bertz CT molecular complexity index is 440. The third-order valence-corrected chi connectivity index (χ3v) is 3.36. The van der Waals surface area contributed by atoms with Crippen molar-refractivity contribution in [2.75, 3.05) is 13.7 Å². The van der Waals surface area contributed by atoms with Crippen LogP contribution in [0.2, 0.25) is 0 Å². The summed E-state index contributed by atoms with van der Waals surface area (Å²) in [5.74, 6) is 0.512. The molecule has 1 aromatic carbocycles. The molecule has 0 saturated carbocycles. The Kier molecular flexibility index (Phi) is 4.10. The van der Waals surface area contributed by atoms with Gasteiger partial charge in [0, 0.05) is 0 Å². The summed E-state index contributed by atoms with van der Waals surface area (Å²) in [6, 6.07) is 7.54. The second-order valence-corrected chi connectivity index (χ2v) is 4.87. The van der Waals surface area contributed by atoms with Gasteiger partial charge in [0.15, 0.2) is 5.60 Å². The van der Waals surface area contributed by atoms with Gasteiger partial charge in [-0.05, 0) is 31.0 Å². The van der Waals surface area contributed by atoms with Gasteiger partial charge in [-0.1, -0.05) is 25.5 Å². The van der Waals surface area contributed by atoms with E-state index < -0.39 is 5.60 Å². The van der Waals surface area contributed by atoms with E-state index in [1.165, 1.54) is 0 Å². The monoisotopic (exact) mass is 264 g/mol. The number of ether oxygens (including phenoxy) is 3. The summed E-state index contributed by atoms with van der Waals surface area (Å²) in [4.78, 5) is 11.9. The van der Waals surface area contributed by atoms with E-state index in [1.807, 2.05) is 24.3 Å². The molecule has 4 heteroatoms. The molecule has 1 aromatic rings. The first-order valence-corrected chi connectivity index (χ1v) is 6.60.